The van der Waals surface area contributed by atoms with Crippen LogP contribution in [-0.2, 0) is 0 Å². The first kappa shape index (κ1) is 21.6. The highest BCUT2D eigenvalue weighted by molar-refractivity contribution is 5.43. The van der Waals surface area contributed by atoms with Crippen LogP contribution in [0.1, 0.15) is 17.2 Å². The Bertz CT molecular complexity index is 1000. The Morgan fingerprint density at radius 2 is 1.47 bits per heavy atom. The second-order valence-corrected chi connectivity index (χ2v) is 7.52. The summed E-state index contributed by atoms with van der Waals surface area (Å²) in [5.41, 5.74) is 7.76. The van der Waals surface area contributed by atoms with E-state index in [9.17, 15) is 8.78 Å². The first-order chi connectivity index (χ1) is 15.5. The molecule has 0 spiro atoms. The molecule has 0 aliphatic carbocycles. The summed E-state index contributed by atoms with van der Waals surface area (Å²) in [5, 5.41) is 3.04. The molecular formula is C23H25F2N7. The zero-order chi connectivity index (χ0) is 22.5. The summed E-state index contributed by atoms with van der Waals surface area (Å²) in [6, 6.07) is 12.8. The lowest BCUT2D eigenvalue weighted by Crippen LogP contribution is -2.48. The predicted octanol–water partition coefficient (Wildman–Crippen LogP) is 3.24. The van der Waals surface area contributed by atoms with Gasteiger partial charge in [-0.05, 0) is 35.4 Å². The van der Waals surface area contributed by atoms with Gasteiger partial charge in [0.15, 0.2) is 0 Å². The maximum Gasteiger partial charge on any atom is 0.232 e. The highest BCUT2D eigenvalue weighted by Gasteiger charge is 2.28. The zero-order valence-electron chi connectivity index (χ0n) is 17.6. The van der Waals surface area contributed by atoms with Crippen LogP contribution in [0.4, 0.5) is 26.6 Å². The monoisotopic (exact) mass is 437 g/mol. The van der Waals surface area contributed by atoms with Crippen LogP contribution in [0, 0.1) is 11.6 Å². The molecule has 9 heteroatoms. The average Bonchev–Trinajstić information content (AvgIpc) is 2.80. The van der Waals surface area contributed by atoms with Gasteiger partial charge in [0.2, 0.25) is 17.8 Å². The number of rotatable bonds is 7. The SMILES string of the molecule is C=CCNc1nc(N)nc(N2CCN(C(c3ccc(F)cc3)c3ccc(F)cc3)CC2)n1. The molecule has 1 saturated heterocycles. The Morgan fingerprint density at radius 3 is 2.00 bits per heavy atom. The van der Waals surface area contributed by atoms with Gasteiger partial charge < -0.3 is 16.0 Å². The summed E-state index contributed by atoms with van der Waals surface area (Å²) in [7, 11) is 0. The predicted molar refractivity (Wildman–Crippen MR) is 121 cm³/mol. The van der Waals surface area contributed by atoms with Crippen molar-refractivity contribution in [3.63, 3.8) is 0 Å². The summed E-state index contributed by atoms with van der Waals surface area (Å²) in [6.45, 7) is 6.95. The third-order valence-corrected chi connectivity index (χ3v) is 5.38. The third kappa shape index (κ3) is 5.00. The lowest BCUT2D eigenvalue weighted by atomic mass is 9.96. The van der Waals surface area contributed by atoms with Gasteiger partial charge in [-0.1, -0.05) is 30.3 Å². The molecule has 0 saturated carbocycles. The van der Waals surface area contributed by atoms with Crippen molar-refractivity contribution in [2.45, 2.75) is 6.04 Å². The summed E-state index contributed by atoms with van der Waals surface area (Å²) in [4.78, 5) is 17.2. The molecule has 4 rings (SSSR count). The Hall–Kier alpha value is -3.59. The topological polar surface area (TPSA) is 83.2 Å². The number of anilines is 3. The number of nitrogens with one attached hydrogen (secondary N) is 1. The molecule has 0 unspecified atom stereocenters. The summed E-state index contributed by atoms with van der Waals surface area (Å²) in [5.74, 6) is 0.503. The summed E-state index contributed by atoms with van der Waals surface area (Å²) >= 11 is 0. The van der Waals surface area contributed by atoms with Gasteiger partial charge in [-0.2, -0.15) is 15.0 Å². The molecule has 0 atom stereocenters. The molecular weight excluding hydrogens is 412 g/mol. The fraction of sp³-hybridized carbons (Fsp3) is 0.261. The van der Waals surface area contributed by atoms with E-state index in [0.717, 1.165) is 11.1 Å². The van der Waals surface area contributed by atoms with E-state index >= 15 is 0 Å². The summed E-state index contributed by atoms with van der Waals surface area (Å²) in [6.07, 6.45) is 1.71. The van der Waals surface area contributed by atoms with Crippen LogP contribution in [0.5, 0.6) is 0 Å². The second-order valence-electron chi connectivity index (χ2n) is 7.52. The number of hydrogen-bond donors (Lipinski definition) is 2. The highest BCUT2D eigenvalue weighted by Crippen LogP contribution is 2.30. The van der Waals surface area contributed by atoms with E-state index in [-0.39, 0.29) is 23.6 Å². The molecule has 1 fully saturated rings. The first-order valence-corrected chi connectivity index (χ1v) is 10.4. The van der Waals surface area contributed by atoms with Crippen molar-refractivity contribution in [2.75, 3.05) is 48.7 Å². The van der Waals surface area contributed by atoms with Gasteiger partial charge in [-0.15, -0.1) is 6.58 Å². The van der Waals surface area contributed by atoms with Crippen LogP contribution in [0.2, 0.25) is 0 Å². The minimum Gasteiger partial charge on any atom is -0.368 e. The molecule has 166 valence electrons. The number of nitrogens with two attached hydrogens (primary N) is 1. The van der Waals surface area contributed by atoms with Gasteiger partial charge in [-0.3, -0.25) is 4.90 Å². The number of benzene rings is 2. The van der Waals surface area contributed by atoms with E-state index in [2.05, 4.69) is 36.6 Å². The molecule has 0 bridgehead atoms. The van der Waals surface area contributed by atoms with E-state index in [1.807, 2.05) is 0 Å². The molecule has 2 heterocycles. The normalized spacial score (nSPS) is 14.5. The van der Waals surface area contributed by atoms with Crippen molar-refractivity contribution in [1.82, 2.24) is 19.9 Å². The van der Waals surface area contributed by atoms with E-state index in [1.54, 1.807) is 30.3 Å². The fourth-order valence-electron chi connectivity index (χ4n) is 3.85. The van der Waals surface area contributed by atoms with Crippen LogP contribution in [-0.4, -0.2) is 52.6 Å². The quantitative estimate of drug-likeness (QED) is 0.549. The van der Waals surface area contributed by atoms with Crippen molar-refractivity contribution in [2.24, 2.45) is 0 Å². The summed E-state index contributed by atoms with van der Waals surface area (Å²) < 4.78 is 27.0. The number of piperazine rings is 1. The smallest absolute Gasteiger partial charge is 0.232 e. The van der Waals surface area contributed by atoms with E-state index in [4.69, 9.17) is 5.73 Å². The van der Waals surface area contributed by atoms with Crippen LogP contribution in [0.25, 0.3) is 0 Å². The molecule has 0 amide bonds. The number of nitrogen functional groups attached to an aromatic ring is 1. The lowest BCUT2D eigenvalue weighted by Gasteiger charge is -2.39. The van der Waals surface area contributed by atoms with Gasteiger partial charge in [0.1, 0.15) is 11.6 Å². The Labute approximate surface area is 185 Å². The maximum absolute atomic E-state index is 13.5. The molecule has 3 aromatic rings. The van der Waals surface area contributed by atoms with Crippen molar-refractivity contribution in [3.05, 3.63) is 83.9 Å². The molecule has 2 aromatic carbocycles. The number of aromatic nitrogens is 3. The van der Waals surface area contributed by atoms with E-state index in [1.165, 1.54) is 24.3 Å². The number of hydrogen-bond acceptors (Lipinski definition) is 7. The first-order valence-electron chi connectivity index (χ1n) is 10.4. The highest BCUT2D eigenvalue weighted by atomic mass is 19.1. The standard InChI is InChI=1S/C23H25F2N7/c1-2-11-27-22-28-21(26)29-23(30-22)32-14-12-31(13-15-32)20(16-3-7-18(24)8-4-16)17-5-9-19(25)10-6-17/h2-10,20H,1,11-15H2,(H3,26,27,28,29,30). The minimum atomic E-state index is -0.287. The third-order valence-electron chi connectivity index (χ3n) is 5.38. The Morgan fingerprint density at radius 1 is 0.906 bits per heavy atom. The van der Waals surface area contributed by atoms with Gasteiger partial charge in [0.05, 0.1) is 6.04 Å². The van der Waals surface area contributed by atoms with Crippen molar-refractivity contribution < 1.29 is 8.78 Å². The molecule has 1 aliphatic heterocycles. The van der Waals surface area contributed by atoms with Crippen molar-refractivity contribution in [1.29, 1.82) is 0 Å². The molecule has 0 radical (unpaired) electrons. The number of nitrogens with zero attached hydrogens (tertiary/aromatic N) is 5. The van der Waals surface area contributed by atoms with Gasteiger partial charge in [-0.25, -0.2) is 8.78 Å². The molecule has 7 nitrogen and oxygen atoms in total. The Balaban J connectivity index is 1.54. The van der Waals surface area contributed by atoms with Gasteiger partial charge >= 0.3 is 0 Å². The van der Waals surface area contributed by atoms with E-state index < -0.39 is 0 Å². The molecule has 1 aromatic heterocycles. The van der Waals surface area contributed by atoms with Crippen LogP contribution < -0.4 is 16.0 Å². The largest absolute Gasteiger partial charge is 0.368 e. The zero-order valence-corrected chi connectivity index (χ0v) is 17.6. The Kier molecular flexibility index (Phi) is 6.55. The van der Waals surface area contributed by atoms with Crippen molar-refractivity contribution >= 4 is 17.8 Å². The average molecular weight is 437 g/mol. The molecule has 1 aliphatic rings. The number of halogens is 2. The van der Waals surface area contributed by atoms with Gasteiger partial charge in [0.25, 0.3) is 0 Å². The second kappa shape index (κ2) is 9.69. The van der Waals surface area contributed by atoms with Gasteiger partial charge in [0, 0.05) is 32.7 Å². The van der Waals surface area contributed by atoms with Crippen LogP contribution in [0.3, 0.4) is 0 Å². The maximum atomic E-state index is 13.5. The van der Waals surface area contributed by atoms with Crippen LogP contribution >= 0.6 is 0 Å². The lowest BCUT2D eigenvalue weighted by molar-refractivity contribution is 0.211. The minimum absolute atomic E-state index is 0.119. The van der Waals surface area contributed by atoms with Crippen molar-refractivity contribution in [3.8, 4) is 0 Å². The fourth-order valence-corrected chi connectivity index (χ4v) is 3.85. The molecule has 3 N–H and O–H groups in total. The van der Waals surface area contributed by atoms with Crippen LogP contribution in [0.15, 0.2) is 61.2 Å². The van der Waals surface area contributed by atoms with E-state index in [0.29, 0.717) is 44.6 Å². The molecule has 32 heavy (non-hydrogen) atoms.